The van der Waals surface area contributed by atoms with Crippen molar-refractivity contribution in [1.29, 1.82) is 0 Å². The van der Waals surface area contributed by atoms with Gasteiger partial charge in [-0.25, -0.2) is 4.79 Å². The zero-order chi connectivity index (χ0) is 19.7. The van der Waals surface area contributed by atoms with Crippen LogP contribution in [0.25, 0.3) is 0 Å². The minimum absolute atomic E-state index is 0.0932. The first-order valence-electron chi connectivity index (χ1n) is 8.37. The van der Waals surface area contributed by atoms with E-state index in [4.69, 9.17) is 14.6 Å². The fourth-order valence-corrected chi connectivity index (χ4v) is 2.36. The molecule has 150 valence electrons. The summed E-state index contributed by atoms with van der Waals surface area (Å²) in [4.78, 5) is 33.4. The molecular weight excluding hydrogens is 352 g/mol. The van der Waals surface area contributed by atoms with Gasteiger partial charge >= 0.3 is 12.1 Å². The van der Waals surface area contributed by atoms with Gasteiger partial charge in [-0.2, -0.15) is 0 Å². The number of carboxylic acid groups (broad SMARTS) is 1. The van der Waals surface area contributed by atoms with Crippen molar-refractivity contribution < 1.29 is 44.3 Å². The minimum Gasteiger partial charge on any atom is -0.481 e. The Hall–Kier alpha value is -1.95. The Bertz CT molecular complexity index is 488. The van der Waals surface area contributed by atoms with Crippen molar-refractivity contribution in [2.75, 3.05) is 13.2 Å². The third kappa shape index (κ3) is 7.12. The SMILES string of the molecule is CCCC(=O)N[C@H]1C(O)O[C@H](COC(=O)NCCCC(=O)O)[C@@H](O)[C@@H]1O. The van der Waals surface area contributed by atoms with Crippen LogP contribution in [0.1, 0.15) is 32.6 Å². The number of aliphatic carboxylic acids is 1. The predicted octanol–water partition coefficient (Wildman–Crippen LogP) is -1.70. The van der Waals surface area contributed by atoms with E-state index in [1.807, 2.05) is 0 Å². The van der Waals surface area contributed by atoms with Gasteiger partial charge in [0.05, 0.1) is 0 Å². The third-order valence-corrected chi connectivity index (χ3v) is 3.74. The summed E-state index contributed by atoms with van der Waals surface area (Å²) in [7, 11) is 0. The maximum atomic E-state index is 11.6. The van der Waals surface area contributed by atoms with Crippen LogP contribution >= 0.6 is 0 Å². The minimum atomic E-state index is -1.58. The molecule has 11 nitrogen and oxygen atoms in total. The fraction of sp³-hybridized carbons (Fsp3) is 0.800. The number of aliphatic hydroxyl groups excluding tert-OH is 3. The molecule has 0 aromatic heterocycles. The van der Waals surface area contributed by atoms with Crippen molar-refractivity contribution in [1.82, 2.24) is 10.6 Å². The second kappa shape index (κ2) is 10.9. The Morgan fingerprint density at radius 2 is 1.81 bits per heavy atom. The predicted molar refractivity (Wildman–Crippen MR) is 86.0 cm³/mol. The molecule has 0 radical (unpaired) electrons. The average Bonchev–Trinajstić information content (AvgIpc) is 2.57. The number of carbonyl (C=O) groups is 3. The van der Waals surface area contributed by atoms with Crippen molar-refractivity contribution in [3.8, 4) is 0 Å². The summed E-state index contributed by atoms with van der Waals surface area (Å²) in [6, 6.07) is -1.20. The van der Waals surface area contributed by atoms with Gasteiger partial charge < -0.3 is 40.5 Å². The lowest BCUT2D eigenvalue weighted by molar-refractivity contribution is -0.253. The van der Waals surface area contributed by atoms with E-state index in [0.29, 0.717) is 6.42 Å². The van der Waals surface area contributed by atoms with E-state index in [2.05, 4.69) is 10.6 Å². The van der Waals surface area contributed by atoms with Crippen LogP contribution in [0.3, 0.4) is 0 Å². The summed E-state index contributed by atoms with van der Waals surface area (Å²) in [5, 5.41) is 43.2. The molecule has 1 rings (SSSR count). The lowest BCUT2D eigenvalue weighted by Crippen LogP contribution is -2.64. The summed E-state index contributed by atoms with van der Waals surface area (Å²) in [6.07, 6.45) is -5.74. The Morgan fingerprint density at radius 1 is 1.12 bits per heavy atom. The summed E-state index contributed by atoms with van der Waals surface area (Å²) >= 11 is 0. The fourth-order valence-electron chi connectivity index (χ4n) is 2.36. The van der Waals surface area contributed by atoms with Gasteiger partial charge in [-0.1, -0.05) is 6.92 Å². The summed E-state index contributed by atoms with van der Waals surface area (Å²) < 4.78 is 9.93. The molecule has 6 N–H and O–H groups in total. The van der Waals surface area contributed by atoms with E-state index in [1.54, 1.807) is 6.92 Å². The molecule has 26 heavy (non-hydrogen) atoms. The van der Waals surface area contributed by atoms with Gasteiger partial charge in [0.2, 0.25) is 5.91 Å². The van der Waals surface area contributed by atoms with Crippen LogP contribution in [0.2, 0.25) is 0 Å². The van der Waals surface area contributed by atoms with E-state index >= 15 is 0 Å². The van der Waals surface area contributed by atoms with Gasteiger partial charge in [-0.05, 0) is 12.8 Å². The number of amides is 2. The summed E-state index contributed by atoms with van der Waals surface area (Å²) in [5.41, 5.74) is 0. The highest BCUT2D eigenvalue weighted by molar-refractivity contribution is 5.76. The topological polar surface area (TPSA) is 175 Å². The molecule has 0 spiro atoms. The number of rotatable bonds is 9. The molecule has 0 bridgehead atoms. The largest absolute Gasteiger partial charge is 0.481 e. The molecule has 0 saturated carbocycles. The highest BCUT2D eigenvalue weighted by atomic mass is 16.6. The first kappa shape index (κ1) is 22.1. The van der Waals surface area contributed by atoms with E-state index in [0.717, 1.165) is 0 Å². The Kier molecular flexibility index (Phi) is 9.27. The molecule has 0 aromatic rings. The standard InChI is InChI=1S/C15H26N2O9/c1-2-4-9(18)17-11-13(22)12(21)8(26-14(11)23)7-25-15(24)16-6-3-5-10(19)20/h8,11-14,21-23H,2-7H2,1H3,(H,16,24)(H,17,18)(H,19,20)/t8-,11-,12-,13-,14?/m1/s1. The Balaban J connectivity index is 2.42. The van der Waals surface area contributed by atoms with Crippen LogP contribution in [0.4, 0.5) is 4.79 Å². The van der Waals surface area contributed by atoms with E-state index in [1.165, 1.54) is 0 Å². The molecule has 1 fully saturated rings. The second-order valence-electron chi connectivity index (χ2n) is 5.91. The van der Waals surface area contributed by atoms with Crippen LogP contribution in [-0.2, 0) is 19.1 Å². The van der Waals surface area contributed by atoms with Crippen molar-refractivity contribution >= 4 is 18.0 Å². The average molecular weight is 378 g/mol. The van der Waals surface area contributed by atoms with Crippen LogP contribution in [0.5, 0.6) is 0 Å². The molecule has 1 saturated heterocycles. The van der Waals surface area contributed by atoms with E-state index < -0.39 is 55.2 Å². The molecule has 11 heteroatoms. The van der Waals surface area contributed by atoms with Gasteiger partial charge in [0.1, 0.15) is 31.0 Å². The van der Waals surface area contributed by atoms with Gasteiger partial charge in [0, 0.05) is 19.4 Å². The number of nitrogens with one attached hydrogen (secondary N) is 2. The van der Waals surface area contributed by atoms with Crippen LogP contribution < -0.4 is 10.6 Å². The van der Waals surface area contributed by atoms with Crippen molar-refractivity contribution in [2.24, 2.45) is 0 Å². The molecule has 1 aliphatic rings. The number of aliphatic hydroxyl groups is 3. The Morgan fingerprint density at radius 3 is 2.42 bits per heavy atom. The van der Waals surface area contributed by atoms with Crippen LogP contribution in [-0.4, -0.2) is 82.2 Å². The zero-order valence-corrected chi connectivity index (χ0v) is 14.5. The number of ether oxygens (including phenoxy) is 2. The van der Waals surface area contributed by atoms with E-state index in [-0.39, 0.29) is 25.8 Å². The van der Waals surface area contributed by atoms with Gasteiger partial charge in [-0.15, -0.1) is 0 Å². The highest BCUT2D eigenvalue weighted by Gasteiger charge is 2.44. The number of alkyl carbamates (subject to hydrolysis) is 1. The van der Waals surface area contributed by atoms with Crippen LogP contribution in [0, 0.1) is 0 Å². The van der Waals surface area contributed by atoms with E-state index in [9.17, 15) is 29.7 Å². The van der Waals surface area contributed by atoms with Crippen molar-refractivity contribution in [3.63, 3.8) is 0 Å². The monoisotopic (exact) mass is 378 g/mol. The van der Waals surface area contributed by atoms with Gasteiger partial charge in [-0.3, -0.25) is 9.59 Å². The quantitative estimate of drug-likeness (QED) is 0.255. The molecule has 5 atom stereocenters. The number of carboxylic acids is 1. The summed E-state index contributed by atoms with van der Waals surface area (Å²) in [6.45, 7) is 1.43. The van der Waals surface area contributed by atoms with Crippen molar-refractivity contribution in [2.45, 2.75) is 63.3 Å². The molecular formula is C15H26N2O9. The first-order valence-corrected chi connectivity index (χ1v) is 8.37. The highest BCUT2D eigenvalue weighted by Crippen LogP contribution is 2.20. The van der Waals surface area contributed by atoms with Gasteiger partial charge in [0.25, 0.3) is 0 Å². The number of carbonyl (C=O) groups excluding carboxylic acids is 2. The summed E-state index contributed by atoms with van der Waals surface area (Å²) in [5.74, 6) is -1.38. The normalized spacial score (nSPS) is 28.2. The molecule has 1 unspecified atom stereocenters. The number of hydrogen-bond donors (Lipinski definition) is 6. The number of hydrogen-bond acceptors (Lipinski definition) is 8. The first-order chi connectivity index (χ1) is 12.3. The van der Waals surface area contributed by atoms with Gasteiger partial charge in [0.15, 0.2) is 6.29 Å². The lowest BCUT2D eigenvalue weighted by atomic mass is 9.97. The second-order valence-corrected chi connectivity index (χ2v) is 5.91. The molecule has 1 heterocycles. The molecule has 0 aromatic carbocycles. The smallest absolute Gasteiger partial charge is 0.407 e. The third-order valence-electron chi connectivity index (χ3n) is 3.74. The van der Waals surface area contributed by atoms with Crippen LogP contribution in [0.15, 0.2) is 0 Å². The zero-order valence-electron chi connectivity index (χ0n) is 14.5. The molecule has 0 aliphatic carbocycles. The Labute approximate surface area is 150 Å². The maximum Gasteiger partial charge on any atom is 0.407 e. The van der Waals surface area contributed by atoms with Crippen molar-refractivity contribution in [3.05, 3.63) is 0 Å². The maximum absolute atomic E-state index is 11.6. The molecule has 2 amide bonds. The molecule has 1 aliphatic heterocycles. The lowest BCUT2D eigenvalue weighted by Gasteiger charge is -2.40.